The molecular weight excluding hydrogens is 440 g/mol. The summed E-state index contributed by atoms with van der Waals surface area (Å²) in [5.74, 6) is -1.30. The van der Waals surface area contributed by atoms with E-state index in [9.17, 15) is 23.1 Å². The van der Waals surface area contributed by atoms with Crippen LogP contribution in [0.5, 0.6) is 0 Å². The predicted molar refractivity (Wildman–Crippen MR) is 112 cm³/mol. The van der Waals surface area contributed by atoms with Gasteiger partial charge < -0.3 is 25.4 Å². The first-order valence-electron chi connectivity index (χ1n) is 10.2. The largest absolute Gasteiger partial charge is 0.465 e. The Hall–Kier alpha value is -2.99. The molecule has 0 bridgehead atoms. The van der Waals surface area contributed by atoms with E-state index in [0.717, 1.165) is 12.8 Å². The van der Waals surface area contributed by atoms with Gasteiger partial charge in [-0.25, -0.2) is 13.2 Å². The van der Waals surface area contributed by atoms with Gasteiger partial charge in [0, 0.05) is 5.92 Å². The standard InChI is InChI=1S/C20H26N4O7S/c1-2-14(16(25)19-23-17(24-31-19)13-8-9-13)21-18(26)15(22-20(27)28)11-32(29,30)10-12-6-4-3-5-7-12/h3-7,13-16,22,25H,2,8-11H2,1H3,(H,21,26)(H,27,28)/t14-,15-,16?/m0/s1. The molecule has 2 amide bonds. The van der Waals surface area contributed by atoms with Crippen molar-refractivity contribution in [3.8, 4) is 0 Å². The molecular formula is C20H26N4O7S. The van der Waals surface area contributed by atoms with Crippen molar-refractivity contribution >= 4 is 21.8 Å². The maximum atomic E-state index is 12.8. The number of nitrogens with zero attached hydrogens (tertiary/aromatic N) is 2. The Labute approximate surface area is 185 Å². The Morgan fingerprint density at radius 3 is 2.50 bits per heavy atom. The van der Waals surface area contributed by atoms with Crippen molar-refractivity contribution in [1.82, 2.24) is 20.8 Å². The second-order valence-electron chi connectivity index (χ2n) is 7.78. The van der Waals surface area contributed by atoms with E-state index in [1.54, 1.807) is 37.3 Å². The number of sulfone groups is 1. The maximum absolute atomic E-state index is 12.8. The molecule has 1 aliphatic carbocycles. The zero-order chi connectivity index (χ0) is 23.3. The van der Waals surface area contributed by atoms with Crippen LogP contribution in [-0.4, -0.2) is 58.6 Å². The molecule has 1 aliphatic rings. The highest BCUT2D eigenvalue weighted by Gasteiger charge is 2.34. The highest BCUT2D eigenvalue weighted by atomic mass is 32.2. The number of benzene rings is 1. The number of nitrogens with one attached hydrogen (secondary N) is 2. The number of carbonyl (C=O) groups is 2. The molecule has 1 aromatic carbocycles. The number of hydrogen-bond acceptors (Lipinski definition) is 8. The van der Waals surface area contributed by atoms with Crippen LogP contribution in [0.15, 0.2) is 34.9 Å². The van der Waals surface area contributed by atoms with Crippen LogP contribution < -0.4 is 10.6 Å². The molecule has 11 nitrogen and oxygen atoms in total. The minimum absolute atomic E-state index is 0.0570. The fraction of sp³-hybridized carbons (Fsp3) is 0.500. The lowest BCUT2D eigenvalue weighted by atomic mass is 10.1. The van der Waals surface area contributed by atoms with Crippen molar-refractivity contribution in [2.45, 2.75) is 56.0 Å². The van der Waals surface area contributed by atoms with Crippen LogP contribution in [0, 0.1) is 0 Å². The summed E-state index contributed by atoms with van der Waals surface area (Å²) in [4.78, 5) is 28.1. The maximum Gasteiger partial charge on any atom is 0.405 e. The summed E-state index contributed by atoms with van der Waals surface area (Å²) < 4.78 is 30.3. The molecule has 1 saturated carbocycles. The summed E-state index contributed by atoms with van der Waals surface area (Å²) in [7, 11) is -3.83. The van der Waals surface area contributed by atoms with Gasteiger partial charge in [-0.3, -0.25) is 4.79 Å². The average molecular weight is 467 g/mol. The quantitative estimate of drug-likeness (QED) is 0.379. The summed E-state index contributed by atoms with van der Waals surface area (Å²) in [6.45, 7) is 1.69. The molecule has 32 heavy (non-hydrogen) atoms. The third-order valence-electron chi connectivity index (χ3n) is 5.07. The predicted octanol–water partition coefficient (Wildman–Crippen LogP) is 1.13. The molecule has 174 valence electrons. The SMILES string of the molecule is CC[C@H](NC(=O)[C@H](CS(=O)(=O)Cc1ccccc1)NC(=O)O)C(O)c1nc(C2CC2)no1. The fourth-order valence-corrected chi connectivity index (χ4v) is 4.77. The van der Waals surface area contributed by atoms with E-state index in [0.29, 0.717) is 11.4 Å². The number of amides is 2. The molecule has 1 fully saturated rings. The van der Waals surface area contributed by atoms with Crippen molar-refractivity contribution in [2.75, 3.05) is 5.75 Å². The smallest absolute Gasteiger partial charge is 0.405 e. The number of rotatable bonds is 11. The zero-order valence-corrected chi connectivity index (χ0v) is 18.3. The van der Waals surface area contributed by atoms with Gasteiger partial charge in [0.15, 0.2) is 21.8 Å². The number of carbonyl (C=O) groups excluding carboxylic acids is 1. The summed E-state index contributed by atoms with van der Waals surface area (Å²) in [5.41, 5.74) is 0.520. The normalized spacial score (nSPS) is 16.7. The number of aromatic nitrogens is 2. The van der Waals surface area contributed by atoms with E-state index < -0.39 is 45.8 Å². The van der Waals surface area contributed by atoms with Crippen LogP contribution in [-0.2, 0) is 20.4 Å². The number of aliphatic hydroxyl groups is 1. The Morgan fingerprint density at radius 2 is 1.91 bits per heavy atom. The molecule has 3 rings (SSSR count). The Balaban J connectivity index is 1.68. The van der Waals surface area contributed by atoms with Crippen LogP contribution in [0.2, 0.25) is 0 Å². The summed E-state index contributed by atoms with van der Waals surface area (Å²) in [6.07, 6.45) is -0.716. The Morgan fingerprint density at radius 1 is 1.22 bits per heavy atom. The molecule has 3 atom stereocenters. The molecule has 1 unspecified atom stereocenters. The van der Waals surface area contributed by atoms with Gasteiger partial charge in [-0.15, -0.1) is 0 Å². The lowest BCUT2D eigenvalue weighted by molar-refractivity contribution is -0.124. The van der Waals surface area contributed by atoms with E-state index in [1.807, 2.05) is 5.32 Å². The van der Waals surface area contributed by atoms with Crippen molar-refractivity contribution in [1.29, 1.82) is 0 Å². The zero-order valence-electron chi connectivity index (χ0n) is 17.5. The van der Waals surface area contributed by atoms with E-state index >= 15 is 0 Å². The van der Waals surface area contributed by atoms with Gasteiger partial charge in [-0.2, -0.15) is 4.98 Å². The fourth-order valence-electron chi connectivity index (χ4n) is 3.21. The van der Waals surface area contributed by atoms with Gasteiger partial charge in [0.25, 0.3) is 5.89 Å². The number of hydrogen-bond donors (Lipinski definition) is 4. The molecule has 0 aliphatic heterocycles. The minimum atomic E-state index is -3.83. The molecule has 4 N–H and O–H groups in total. The van der Waals surface area contributed by atoms with Gasteiger partial charge in [-0.1, -0.05) is 42.4 Å². The average Bonchev–Trinajstić information content (AvgIpc) is 3.47. The second kappa shape index (κ2) is 10.1. The molecule has 0 radical (unpaired) electrons. The Kier molecular flexibility index (Phi) is 7.46. The topological polar surface area (TPSA) is 172 Å². The van der Waals surface area contributed by atoms with Crippen LogP contribution in [0.3, 0.4) is 0 Å². The monoisotopic (exact) mass is 466 g/mol. The van der Waals surface area contributed by atoms with Crippen LogP contribution >= 0.6 is 0 Å². The van der Waals surface area contributed by atoms with Crippen LogP contribution in [0.4, 0.5) is 4.79 Å². The minimum Gasteiger partial charge on any atom is -0.465 e. The molecule has 12 heteroatoms. The van der Waals surface area contributed by atoms with Crippen LogP contribution in [0.25, 0.3) is 0 Å². The highest BCUT2D eigenvalue weighted by molar-refractivity contribution is 7.90. The molecule has 0 saturated heterocycles. The van der Waals surface area contributed by atoms with Crippen molar-refractivity contribution < 1.29 is 32.7 Å². The third kappa shape index (κ3) is 6.50. The lowest BCUT2D eigenvalue weighted by Crippen LogP contribution is -2.53. The first-order chi connectivity index (χ1) is 15.2. The molecule has 0 spiro atoms. The number of aliphatic hydroxyl groups excluding tert-OH is 1. The van der Waals surface area contributed by atoms with Gasteiger partial charge in [0.1, 0.15) is 6.04 Å². The molecule has 2 aromatic rings. The van der Waals surface area contributed by atoms with Gasteiger partial charge in [0.05, 0.1) is 17.5 Å². The highest BCUT2D eigenvalue weighted by Crippen LogP contribution is 2.38. The van der Waals surface area contributed by atoms with Gasteiger partial charge in [-0.05, 0) is 24.8 Å². The van der Waals surface area contributed by atoms with Crippen LogP contribution in [0.1, 0.15) is 55.5 Å². The van der Waals surface area contributed by atoms with E-state index in [4.69, 9.17) is 9.63 Å². The van der Waals surface area contributed by atoms with E-state index in [2.05, 4.69) is 15.5 Å². The Bertz CT molecular complexity index is 1040. The molecule has 1 heterocycles. The number of carboxylic acid groups (broad SMARTS) is 1. The van der Waals surface area contributed by atoms with Gasteiger partial charge >= 0.3 is 6.09 Å². The summed E-state index contributed by atoms with van der Waals surface area (Å²) >= 11 is 0. The van der Waals surface area contributed by atoms with Gasteiger partial charge in [0.2, 0.25) is 5.91 Å². The van der Waals surface area contributed by atoms with Crippen molar-refractivity contribution in [3.05, 3.63) is 47.6 Å². The van der Waals surface area contributed by atoms with E-state index in [1.165, 1.54) is 0 Å². The van der Waals surface area contributed by atoms with Crippen molar-refractivity contribution in [3.63, 3.8) is 0 Å². The molecule has 1 aromatic heterocycles. The summed E-state index contributed by atoms with van der Waals surface area (Å²) in [5, 5.41) is 27.9. The first kappa shape index (κ1) is 23.7. The van der Waals surface area contributed by atoms with E-state index in [-0.39, 0.29) is 24.0 Å². The first-order valence-corrected chi connectivity index (χ1v) is 12.1. The summed E-state index contributed by atoms with van der Waals surface area (Å²) in [6, 6.07) is 5.92. The third-order valence-corrected chi connectivity index (χ3v) is 6.68. The van der Waals surface area contributed by atoms with Crippen molar-refractivity contribution in [2.24, 2.45) is 0 Å². The second-order valence-corrected chi connectivity index (χ2v) is 9.88. The lowest BCUT2D eigenvalue weighted by Gasteiger charge is -2.24.